The van der Waals surface area contributed by atoms with Crippen LogP contribution < -0.4 is 9.80 Å². The van der Waals surface area contributed by atoms with E-state index in [1.54, 1.807) is 12.4 Å². The number of para-hydroxylation sites is 1. The monoisotopic (exact) mass is 339 g/mol. The molecule has 0 unspecified atom stereocenters. The number of nitrogens with zero attached hydrogens (tertiary/aromatic N) is 5. The van der Waals surface area contributed by atoms with Crippen LogP contribution >= 0.6 is 0 Å². The molecule has 132 valence electrons. The highest BCUT2D eigenvalue weighted by Gasteiger charge is 2.26. The number of carbonyl (C=O) groups excluding carboxylic acids is 1. The van der Waals surface area contributed by atoms with Gasteiger partial charge in [-0.3, -0.25) is 4.79 Å². The maximum Gasteiger partial charge on any atom is 0.274 e. The van der Waals surface area contributed by atoms with Crippen LogP contribution in [0, 0.1) is 0 Å². The number of hydrogen-bond acceptors (Lipinski definition) is 5. The quantitative estimate of drug-likeness (QED) is 0.855. The Hall–Kier alpha value is -2.63. The Morgan fingerprint density at radius 3 is 2.28 bits per heavy atom. The van der Waals surface area contributed by atoms with Crippen LogP contribution in [0.4, 0.5) is 11.5 Å². The fraction of sp³-hybridized carbons (Fsp3) is 0.421. The molecular weight excluding hydrogens is 314 g/mol. The second-order valence-corrected chi connectivity index (χ2v) is 6.62. The lowest BCUT2D eigenvalue weighted by Crippen LogP contribution is -2.45. The average Bonchev–Trinajstić information content (AvgIpc) is 2.67. The molecule has 1 amide bonds. The SMILES string of the molecule is CN(C)c1cnc(C(=O)N2CCC(N(C)c3ccccc3)CC2)cn1. The van der Waals surface area contributed by atoms with Crippen molar-refractivity contribution >= 4 is 17.4 Å². The van der Waals surface area contributed by atoms with Crippen molar-refractivity contribution in [2.75, 3.05) is 44.0 Å². The number of aromatic nitrogens is 2. The first-order chi connectivity index (χ1) is 12.1. The number of piperidine rings is 1. The van der Waals surface area contributed by atoms with Crippen LogP contribution in [0.5, 0.6) is 0 Å². The van der Waals surface area contributed by atoms with Gasteiger partial charge in [0.25, 0.3) is 5.91 Å². The Morgan fingerprint density at radius 1 is 1.04 bits per heavy atom. The number of likely N-dealkylation sites (tertiary alicyclic amines) is 1. The van der Waals surface area contributed by atoms with Gasteiger partial charge in [0.05, 0.1) is 12.4 Å². The van der Waals surface area contributed by atoms with Gasteiger partial charge in [0.2, 0.25) is 0 Å². The first-order valence-corrected chi connectivity index (χ1v) is 8.63. The van der Waals surface area contributed by atoms with E-state index >= 15 is 0 Å². The molecule has 3 rings (SSSR count). The predicted molar refractivity (Wildman–Crippen MR) is 100 cm³/mol. The van der Waals surface area contributed by atoms with E-state index in [2.05, 4.69) is 46.2 Å². The summed E-state index contributed by atoms with van der Waals surface area (Å²) in [5.74, 6) is 0.721. The number of hydrogen-bond donors (Lipinski definition) is 0. The zero-order valence-electron chi connectivity index (χ0n) is 15.1. The molecule has 1 aliphatic rings. The molecule has 0 radical (unpaired) electrons. The van der Waals surface area contributed by atoms with Crippen molar-refractivity contribution in [3.8, 4) is 0 Å². The summed E-state index contributed by atoms with van der Waals surface area (Å²) >= 11 is 0. The first-order valence-electron chi connectivity index (χ1n) is 8.63. The zero-order valence-corrected chi connectivity index (χ0v) is 15.1. The van der Waals surface area contributed by atoms with E-state index in [4.69, 9.17) is 0 Å². The molecule has 0 saturated carbocycles. The molecule has 1 aromatic carbocycles. The van der Waals surface area contributed by atoms with Crippen LogP contribution in [0.1, 0.15) is 23.3 Å². The van der Waals surface area contributed by atoms with E-state index in [1.165, 1.54) is 5.69 Å². The van der Waals surface area contributed by atoms with E-state index in [0.717, 1.165) is 31.7 Å². The van der Waals surface area contributed by atoms with Gasteiger partial charge >= 0.3 is 0 Å². The van der Waals surface area contributed by atoms with Gasteiger partial charge in [-0.15, -0.1) is 0 Å². The standard InChI is InChI=1S/C19H25N5O/c1-22(2)18-14-20-17(13-21-18)19(25)24-11-9-16(10-12-24)23(3)15-7-5-4-6-8-15/h4-8,13-14,16H,9-12H2,1-3H3. The van der Waals surface area contributed by atoms with Crippen molar-refractivity contribution in [3.63, 3.8) is 0 Å². The Labute approximate surface area is 149 Å². The molecule has 0 spiro atoms. The molecule has 2 heterocycles. The molecule has 1 saturated heterocycles. The van der Waals surface area contributed by atoms with Gasteiger partial charge in [0.15, 0.2) is 0 Å². The summed E-state index contributed by atoms with van der Waals surface area (Å²) in [7, 11) is 5.93. The minimum absolute atomic E-state index is 0.0291. The molecule has 0 bridgehead atoms. The molecule has 2 aromatic rings. The van der Waals surface area contributed by atoms with E-state index < -0.39 is 0 Å². The van der Waals surface area contributed by atoms with Gasteiger partial charge in [0.1, 0.15) is 11.5 Å². The predicted octanol–water partition coefficient (Wildman–Crippen LogP) is 2.28. The molecule has 0 atom stereocenters. The van der Waals surface area contributed by atoms with Crippen LogP contribution in [0.3, 0.4) is 0 Å². The Bertz CT molecular complexity index is 694. The molecular formula is C19H25N5O. The van der Waals surface area contributed by atoms with Gasteiger partial charge in [-0.2, -0.15) is 0 Å². The topological polar surface area (TPSA) is 52.6 Å². The highest BCUT2D eigenvalue weighted by Crippen LogP contribution is 2.22. The van der Waals surface area contributed by atoms with E-state index in [1.807, 2.05) is 30.0 Å². The Balaban J connectivity index is 1.59. The maximum atomic E-state index is 12.6. The summed E-state index contributed by atoms with van der Waals surface area (Å²) in [4.78, 5) is 27.2. The lowest BCUT2D eigenvalue weighted by atomic mass is 10.0. The second kappa shape index (κ2) is 7.51. The van der Waals surface area contributed by atoms with Crippen molar-refractivity contribution in [3.05, 3.63) is 48.4 Å². The summed E-state index contributed by atoms with van der Waals surface area (Å²) in [6.45, 7) is 1.50. The average molecular weight is 339 g/mol. The molecule has 1 aliphatic heterocycles. The van der Waals surface area contributed by atoms with Crippen LogP contribution in [0.2, 0.25) is 0 Å². The largest absolute Gasteiger partial charge is 0.371 e. The van der Waals surface area contributed by atoms with Gasteiger partial charge in [-0.05, 0) is 25.0 Å². The fourth-order valence-corrected chi connectivity index (χ4v) is 3.15. The lowest BCUT2D eigenvalue weighted by Gasteiger charge is -2.37. The number of rotatable bonds is 4. The summed E-state index contributed by atoms with van der Waals surface area (Å²) in [6, 6.07) is 10.8. The Morgan fingerprint density at radius 2 is 1.72 bits per heavy atom. The molecule has 25 heavy (non-hydrogen) atoms. The maximum absolute atomic E-state index is 12.6. The van der Waals surface area contributed by atoms with Crippen molar-refractivity contribution in [1.82, 2.24) is 14.9 Å². The highest BCUT2D eigenvalue weighted by molar-refractivity contribution is 5.92. The number of anilines is 2. The van der Waals surface area contributed by atoms with Gasteiger partial charge in [-0.1, -0.05) is 18.2 Å². The lowest BCUT2D eigenvalue weighted by molar-refractivity contribution is 0.0707. The van der Waals surface area contributed by atoms with Crippen LogP contribution in [0.15, 0.2) is 42.7 Å². The number of amides is 1. The second-order valence-electron chi connectivity index (χ2n) is 6.62. The van der Waals surface area contributed by atoms with E-state index in [9.17, 15) is 4.79 Å². The van der Waals surface area contributed by atoms with Gasteiger partial charge < -0.3 is 14.7 Å². The molecule has 1 fully saturated rings. The van der Waals surface area contributed by atoms with Crippen molar-refractivity contribution in [1.29, 1.82) is 0 Å². The summed E-state index contributed by atoms with van der Waals surface area (Å²) < 4.78 is 0. The number of carbonyl (C=O) groups is 1. The van der Waals surface area contributed by atoms with Crippen LogP contribution in [0.25, 0.3) is 0 Å². The normalized spacial score (nSPS) is 15.1. The molecule has 1 aromatic heterocycles. The smallest absolute Gasteiger partial charge is 0.274 e. The van der Waals surface area contributed by atoms with Gasteiger partial charge in [-0.25, -0.2) is 9.97 Å². The van der Waals surface area contributed by atoms with Crippen LogP contribution in [-0.2, 0) is 0 Å². The minimum atomic E-state index is -0.0291. The third-order valence-corrected chi connectivity index (χ3v) is 4.78. The first kappa shape index (κ1) is 17.2. The highest BCUT2D eigenvalue weighted by atomic mass is 16.2. The molecule has 0 aliphatic carbocycles. The summed E-state index contributed by atoms with van der Waals surface area (Å²) in [5.41, 5.74) is 1.64. The van der Waals surface area contributed by atoms with E-state index in [-0.39, 0.29) is 5.91 Å². The third kappa shape index (κ3) is 3.90. The van der Waals surface area contributed by atoms with Crippen molar-refractivity contribution in [2.24, 2.45) is 0 Å². The molecule has 6 nitrogen and oxygen atoms in total. The Kier molecular flexibility index (Phi) is 5.16. The zero-order chi connectivity index (χ0) is 17.8. The van der Waals surface area contributed by atoms with E-state index in [0.29, 0.717) is 11.7 Å². The van der Waals surface area contributed by atoms with Gasteiger partial charge in [0, 0.05) is 46.0 Å². The van der Waals surface area contributed by atoms with Crippen LogP contribution in [-0.4, -0.2) is 61.0 Å². The van der Waals surface area contributed by atoms with Crippen molar-refractivity contribution < 1.29 is 4.79 Å². The molecule has 0 N–H and O–H groups in total. The summed E-state index contributed by atoms with van der Waals surface area (Å²) in [6.07, 6.45) is 5.13. The summed E-state index contributed by atoms with van der Waals surface area (Å²) in [5, 5.41) is 0. The van der Waals surface area contributed by atoms with Crippen molar-refractivity contribution in [2.45, 2.75) is 18.9 Å². The third-order valence-electron chi connectivity index (χ3n) is 4.78. The fourth-order valence-electron chi connectivity index (χ4n) is 3.15. The minimum Gasteiger partial charge on any atom is -0.371 e. The molecule has 6 heteroatoms. The number of benzene rings is 1.